The number of ketones is 1. The van der Waals surface area contributed by atoms with Crippen molar-refractivity contribution in [2.75, 3.05) is 0 Å². The molecule has 0 unspecified atom stereocenters. The summed E-state index contributed by atoms with van der Waals surface area (Å²) in [7, 11) is 0. The van der Waals surface area contributed by atoms with E-state index < -0.39 is 0 Å². The maximum atomic E-state index is 14.4. The molecular formula is C32H52O3. The first-order valence-corrected chi connectivity index (χ1v) is 14.7. The molecule has 5 aliphatic rings. The Bertz CT molecular complexity index is 922. The lowest BCUT2D eigenvalue weighted by Crippen LogP contribution is -2.70. The van der Waals surface area contributed by atoms with Crippen LogP contribution < -0.4 is 0 Å². The van der Waals surface area contributed by atoms with Gasteiger partial charge in [-0.2, -0.15) is 0 Å². The van der Waals surface area contributed by atoms with Crippen molar-refractivity contribution in [3.05, 3.63) is 0 Å². The first-order chi connectivity index (χ1) is 16.0. The van der Waals surface area contributed by atoms with Gasteiger partial charge in [-0.3, -0.25) is 9.59 Å². The molecule has 0 spiro atoms. The summed E-state index contributed by atoms with van der Waals surface area (Å²) in [6, 6.07) is 0. The van der Waals surface area contributed by atoms with Gasteiger partial charge in [0.05, 0.1) is 0 Å². The molecule has 198 valence electrons. The number of ether oxygens (including phenoxy) is 1. The standard InChI is InChI=1S/C32H52O3/c1-20-23(35-21(2)33)10-11-24-29(6)15-17-31(8)25-19-27(3,4)12-13-28(25,5)14-16-32(31,9)26(29)22(34)18-30(20,24)7/h20,23-26H,10-19H2,1-9H3/t20-,23-,24-,25+,26-,28+,29-,30+,31-,32+/m0/s1. The highest BCUT2D eigenvalue weighted by Gasteiger charge is 2.73. The van der Waals surface area contributed by atoms with Gasteiger partial charge in [0.15, 0.2) is 0 Å². The normalized spacial score (nSPS) is 55.1. The van der Waals surface area contributed by atoms with Crippen LogP contribution in [0.1, 0.15) is 127 Å². The van der Waals surface area contributed by atoms with Gasteiger partial charge in [0, 0.05) is 19.3 Å². The second kappa shape index (κ2) is 7.59. The van der Waals surface area contributed by atoms with Crippen LogP contribution >= 0.6 is 0 Å². The van der Waals surface area contributed by atoms with E-state index >= 15 is 0 Å². The Balaban J connectivity index is 1.54. The lowest BCUT2D eigenvalue weighted by Gasteiger charge is -2.74. The summed E-state index contributed by atoms with van der Waals surface area (Å²) in [5.41, 5.74) is 1.11. The first kappa shape index (κ1) is 25.8. The van der Waals surface area contributed by atoms with E-state index in [1.807, 2.05) is 0 Å². The van der Waals surface area contributed by atoms with Crippen LogP contribution in [0.2, 0.25) is 0 Å². The molecule has 0 radical (unpaired) electrons. The summed E-state index contributed by atoms with van der Waals surface area (Å²) >= 11 is 0. The predicted octanol–water partition coefficient (Wildman–Crippen LogP) is 8.00. The average Bonchev–Trinajstić information content (AvgIpc) is 2.74. The highest BCUT2D eigenvalue weighted by molar-refractivity contribution is 5.85. The summed E-state index contributed by atoms with van der Waals surface area (Å²) in [4.78, 5) is 26.2. The lowest BCUT2D eigenvalue weighted by molar-refractivity contribution is -0.252. The van der Waals surface area contributed by atoms with E-state index in [4.69, 9.17) is 4.74 Å². The van der Waals surface area contributed by atoms with E-state index in [1.165, 1.54) is 51.9 Å². The largest absolute Gasteiger partial charge is 0.462 e. The Labute approximate surface area is 214 Å². The Morgan fingerprint density at radius 2 is 1.43 bits per heavy atom. The molecule has 0 amide bonds. The van der Waals surface area contributed by atoms with Crippen LogP contribution in [0.4, 0.5) is 0 Å². The van der Waals surface area contributed by atoms with E-state index in [0.29, 0.717) is 34.9 Å². The monoisotopic (exact) mass is 484 g/mol. The van der Waals surface area contributed by atoms with Crippen LogP contribution in [0.25, 0.3) is 0 Å². The molecule has 0 aromatic carbocycles. The number of rotatable bonds is 1. The molecule has 0 saturated heterocycles. The molecule has 0 aromatic rings. The quantitative estimate of drug-likeness (QED) is 0.354. The fraction of sp³-hybridized carbons (Fsp3) is 0.938. The number of carbonyl (C=O) groups is 2. The average molecular weight is 485 g/mol. The molecule has 10 atom stereocenters. The van der Waals surface area contributed by atoms with Gasteiger partial charge < -0.3 is 4.74 Å². The minimum absolute atomic E-state index is 0.0473. The molecular weight excluding hydrogens is 432 g/mol. The van der Waals surface area contributed by atoms with E-state index in [-0.39, 0.29) is 45.6 Å². The molecule has 5 saturated carbocycles. The number of hydrogen-bond donors (Lipinski definition) is 0. The first-order valence-electron chi connectivity index (χ1n) is 14.7. The number of esters is 1. The number of hydrogen-bond acceptors (Lipinski definition) is 3. The Kier molecular flexibility index (Phi) is 5.59. The fourth-order valence-electron chi connectivity index (χ4n) is 11.5. The zero-order valence-corrected chi connectivity index (χ0v) is 24.2. The van der Waals surface area contributed by atoms with Crippen LogP contribution in [-0.4, -0.2) is 17.9 Å². The van der Waals surface area contributed by atoms with Gasteiger partial charge in [-0.05, 0) is 108 Å². The van der Waals surface area contributed by atoms with Crippen LogP contribution in [0.5, 0.6) is 0 Å². The second-order valence-electron chi connectivity index (χ2n) is 16.1. The van der Waals surface area contributed by atoms with Crippen molar-refractivity contribution in [3.63, 3.8) is 0 Å². The van der Waals surface area contributed by atoms with Crippen LogP contribution in [-0.2, 0) is 14.3 Å². The Hall–Kier alpha value is -0.860. The van der Waals surface area contributed by atoms with Crippen molar-refractivity contribution in [2.45, 2.75) is 133 Å². The van der Waals surface area contributed by atoms with Gasteiger partial charge >= 0.3 is 5.97 Å². The fourth-order valence-corrected chi connectivity index (χ4v) is 11.5. The SMILES string of the molecule is CC(=O)O[C@H]1CC[C@@H]2[C@](C)(CC(=O)[C@H]3[C@@]2(C)CC[C@@]2(C)[C@@H]4CC(C)(C)CC[C@]4(C)CC[C@]32C)[C@H]1C. The van der Waals surface area contributed by atoms with Crippen LogP contribution in [0, 0.1) is 56.2 Å². The zero-order chi connectivity index (χ0) is 25.8. The molecule has 5 aliphatic carbocycles. The van der Waals surface area contributed by atoms with Gasteiger partial charge in [0.2, 0.25) is 0 Å². The van der Waals surface area contributed by atoms with Gasteiger partial charge in [0.25, 0.3) is 0 Å². The highest BCUT2D eigenvalue weighted by Crippen LogP contribution is 2.77. The van der Waals surface area contributed by atoms with Gasteiger partial charge in [-0.15, -0.1) is 0 Å². The topological polar surface area (TPSA) is 43.4 Å². The summed E-state index contributed by atoms with van der Waals surface area (Å²) < 4.78 is 5.78. The smallest absolute Gasteiger partial charge is 0.302 e. The van der Waals surface area contributed by atoms with Crippen molar-refractivity contribution in [3.8, 4) is 0 Å². The van der Waals surface area contributed by atoms with Crippen molar-refractivity contribution in [2.24, 2.45) is 56.2 Å². The maximum absolute atomic E-state index is 14.4. The molecule has 5 rings (SSSR count). The van der Waals surface area contributed by atoms with Gasteiger partial charge in [-0.25, -0.2) is 0 Å². The van der Waals surface area contributed by atoms with Gasteiger partial charge in [-0.1, -0.05) is 55.4 Å². The van der Waals surface area contributed by atoms with Crippen molar-refractivity contribution in [1.29, 1.82) is 0 Å². The molecule has 0 heterocycles. The van der Waals surface area contributed by atoms with E-state index in [0.717, 1.165) is 12.8 Å². The number of fused-ring (bicyclic) bond motifs is 7. The molecule has 0 N–H and O–H groups in total. The summed E-state index contributed by atoms with van der Waals surface area (Å²) in [5, 5.41) is 0. The molecule has 5 fully saturated rings. The van der Waals surface area contributed by atoms with Crippen molar-refractivity contribution >= 4 is 11.8 Å². The molecule has 0 aliphatic heterocycles. The maximum Gasteiger partial charge on any atom is 0.302 e. The van der Waals surface area contributed by atoms with Crippen LogP contribution in [0.15, 0.2) is 0 Å². The zero-order valence-electron chi connectivity index (χ0n) is 24.2. The summed E-state index contributed by atoms with van der Waals surface area (Å²) in [6.07, 6.45) is 11.6. The molecule has 0 aromatic heterocycles. The van der Waals surface area contributed by atoms with Crippen molar-refractivity contribution < 1.29 is 14.3 Å². The Morgan fingerprint density at radius 1 is 0.800 bits per heavy atom. The predicted molar refractivity (Wildman–Crippen MR) is 141 cm³/mol. The number of Topliss-reactive ketones (excluding diaryl/α,β-unsaturated/α-hetero) is 1. The highest BCUT2D eigenvalue weighted by atomic mass is 16.5. The van der Waals surface area contributed by atoms with E-state index in [1.54, 1.807) is 0 Å². The molecule has 0 bridgehead atoms. The third-order valence-corrected chi connectivity index (χ3v) is 13.9. The van der Waals surface area contributed by atoms with Gasteiger partial charge in [0.1, 0.15) is 11.9 Å². The Morgan fingerprint density at radius 3 is 2.09 bits per heavy atom. The second-order valence-corrected chi connectivity index (χ2v) is 16.1. The van der Waals surface area contributed by atoms with Crippen LogP contribution in [0.3, 0.4) is 0 Å². The summed E-state index contributed by atoms with van der Waals surface area (Å²) in [6.45, 7) is 21.3. The molecule has 35 heavy (non-hydrogen) atoms. The van der Waals surface area contributed by atoms with E-state index in [9.17, 15) is 9.59 Å². The third-order valence-electron chi connectivity index (χ3n) is 13.9. The molecule has 3 heteroatoms. The molecule has 3 nitrogen and oxygen atoms in total. The van der Waals surface area contributed by atoms with E-state index in [2.05, 4.69) is 55.4 Å². The minimum Gasteiger partial charge on any atom is -0.462 e. The summed E-state index contributed by atoms with van der Waals surface area (Å²) in [5.74, 6) is 1.96. The third kappa shape index (κ3) is 3.34. The van der Waals surface area contributed by atoms with Crippen molar-refractivity contribution in [1.82, 2.24) is 0 Å². The number of carbonyl (C=O) groups excluding carboxylic acids is 2. The lowest BCUT2D eigenvalue weighted by atomic mass is 9.30. The minimum atomic E-state index is -0.184.